The van der Waals surface area contributed by atoms with Crippen LogP contribution >= 0.6 is 12.6 Å². The van der Waals surface area contributed by atoms with Crippen molar-refractivity contribution in [3.8, 4) is 0 Å². The lowest BCUT2D eigenvalue weighted by molar-refractivity contribution is -0.120. The van der Waals surface area contributed by atoms with Crippen LogP contribution in [0.5, 0.6) is 0 Å². The number of hydrogen-bond donors (Lipinski definition) is 2. The van der Waals surface area contributed by atoms with E-state index in [1.165, 1.54) is 25.7 Å². The number of nitrogens with two attached hydrogens (primary N) is 1. The average molecular weight is 203 g/mol. The average Bonchev–Trinajstić information content (AvgIpc) is 2.03. The van der Waals surface area contributed by atoms with E-state index in [4.69, 9.17) is 5.73 Å². The van der Waals surface area contributed by atoms with Crippen LogP contribution in [0.25, 0.3) is 0 Å². The van der Waals surface area contributed by atoms with Gasteiger partial charge in [-0.15, -0.1) is 0 Å². The van der Waals surface area contributed by atoms with Crippen LogP contribution in [0.1, 0.15) is 52.4 Å². The summed E-state index contributed by atoms with van der Waals surface area (Å²) >= 11 is 4.23. The molecule has 0 heterocycles. The van der Waals surface area contributed by atoms with Crippen molar-refractivity contribution < 1.29 is 4.79 Å². The van der Waals surface area contributed by atoms with Gasteiger partial charge in [-0.2, -0.15) is 12.6 Å². The van der Waals surface area contributed by atoms with Gasteiger partial charge in [-0.05, 0) is 13.3 Å². The van der Waals surface area contributed by atoms with Crippen molar-refractivity contribution in [2.75, 3.05) is 0 Å². The summed E-state index contributed by atoms with van der Waals surface area (Å²) < 4.78 is -0.619. The van der Waals surface area contributed by atoms with Gasteiger partial charge >= 0.3 is 0 Å². The van der Waals surface area contributed by atoms with Gasteiger partial charge in [-0.3, -0.25) is 4.79 Å². The maximum absolute atomic E-state index is 10.9. The van der Waals surface area contributed by atoms with Crippen molar-refractivity contribution in [2.24, 2.45) is 5.73 Å². The molecule has 0 aromatic heterocycles. The summed E-state index contributed by atoms with van der Waals surface area (Å²) in [4.78, 5) is 10.9. The Bertz CT molecular complexity index is 157. The number of hydrogen-bond acceptors (Lipinski definition) is 2. The SMILES string of the molecule is CCCCCCCC(C)(S)C(N)=O. The Kier molecular flexibility index (Phi) is 6.21. The molecule has 2 N–H and O–H groups in total. The maximum Gasteiger partial charge on any atom is 0.233 e. The normalized spacial score (nSPS) is 15.3. The molecule has 1 atom stereocenters. The lowest BCUT2D eigenvalue weighted by Gasteiger charge is -2.18. The topological polar surface area (TPSA) is 43.1 Å². The van der Waals surface area contributed by atoms with Gasteiger partial charge in [0.05, 0.1) is 4.75 Å². The molecule has 0 fully saturated rings. The van der Waals surface area contributed by atoms with Crippen LogP contribution in [-0.4, -0.2) is 10.7 Å². The number of thiol groups is 1. The van der Waals surface area contributed by atoms with Crippen molar-refractivity contribution in [2.45, 2.75) is 57.1 Å². The Morgan fingerprint density at radius 3 is 2.31 bits per heavy atom. The molecule has 0 aromatic rings. The highest BCUT2D eigenvalue weighted by atomic mass is 32.1. The highest BCUT2D eigenvalue weighted by Gasteiger charge is 2.24. The van der Waals surface area contributed by atoms with Gasteiger partial charge in [0.1, 0.15) is 0 Å². The van der Waals surface area contributed by atoms with Crippen molar-refractivity contribution in [3.63, 3.8) is 0 Å². The molecule has 78 valence electrons. The third kappa shape index (κ3) is 5.97. The number of carbonyl (C=O) groups excluding carboxylic acids is 1. The first-order chi connectivity index (χ1) is 6.00. The molecular weight excluding hydrogens is 182 g/mol. The molecule has 0 rings (SSSR count). The number of rotatable bonds is 7. The number of amides is 1. The molecule has 0 radical (unpaired) electrons. The minimum atomic E-state index is -0.619. The van der Waals surface area contributed by atoms with Crippen LogP contribution in [0.4, 0.5) is 0 Å². The third-order valence-electron chi connectivity index (χ3n) is 2.30. The third-order valence-corrected chi connectivity index (χ3v) is 2.74. The fourth-order valence-electron chi connectivity index (χ4n) is 1.20. The first kappa shape index (κ1) is 12.8. The van der Waals surface area contributed by atoms with Crippen LogP contribution in [-0.2, 0) is 4.79 Å². The lowest BCUT2D eigenvalue weighted by atomic mass is 10.0. The summed E-state index contributed by atoms with van der Waals surface area (Å²) in [6.07, 6.45) is 6.78. The minimum Gasteiger partial charge on any atom is -0.368 e. The van der Waals surface area contributed by atoms with E-state index in [9.17, 15) is 4.79 Å². The van der Waals surface area contributed by atoms with Crippen LogP contribution < -0.4 is 5.73 Å². The second-order valence-corrected chi connectivity index (χ2v) is 4.79. The van der Waals surface area contributed by atoms with E-state index in [1.807, 2.05) is 0 Å². The quantitative estimate of drug-likeness (QED) is 0.484. The highest BCUT2D eigenvalue weighted by Crippen LogP contribution is 2.21. The molecule has 0 spiro atoms. The molecule has 1 unspecified atom stereocenters. The number of unbranched alkanes of at least 4 members (excludes halogenated alkanes) is 4. The molecule has 3 heteroatoms. The van der Waals surface area contributed by atoms with E-state index in [0.717, 1.165) is 12.8 Å². The Morgan fingerprint density at radius 2 is 1.85 bits per heavy atom. The van der Waals surface area contributed by atoms with Crippen LogP contribution in [0.2, 0.25) is 0 Å². The molecule has 1 amide bonds. The lowest BCUT2D eigenvalue weighted by Crippen LogP contribution is -2.35. The molecule has 0 saturated carbocycles. The molecular formula is C10H21NOS. The number of carbonyl (C=O) groups is 1. The van der Waals surface area contributed by atoms with E-state index in [2.05, 4.69) is 19.6 Å². The summed E-state index contributed by atoms with van der Waals surface area (Å²) in [5.74, 6) is -0.314. The summed E-state index contributed by atoms with van der Waals surface area (Å²) in [6.45, 7) is 3.98. The minimum absolute atomic E-state index is 0.314. The molecule has 0 aromatic carbocycles. The van der Waals surface area contributed by atoms with Gasteiger partial charge < -0.3 is 5.73 Å². The van der Waals surface area contributed by atoms with Crippen LogP contribution in [0, 0.1) is 0 Å². The van der Waals surface area contributed by atoms with Gasteiger partial charge in [0.15, 0.2) is 0 Å². The van der Waals surface area contributed by atoms with Crippen LogP contribution in [0.3, 0.4) is 0 Å². The Labute approximate surface area is 86.7 Å². The van der Waals surface area contributed by atoms with E-state index < -0.39 is 4.75 Å². The van der Waals surface area contributed by atoms with Crippen molar-refractivity contribution >= 4 is 18.5 Å². The highest BCUT2D eigenvalue weighted by molar-refractivity contribution is 7.82. The molecule has 2 nitrogen and oxygen atoms in total. The van der Waals surface area contributed by atoms with Gasteiger partial charge in [-0.25, -0.2) is 0 Å². The molecule has 0 aliphatic rings. The van der Waals surface area contributed by atoms with Gasteiger partial charge in [-0.1, -0.05) is 39.0 Å². The van der Waals surface area contributed by atoms with Crippen LogP contribution in [0.15, 0.2) is 0 Å². The number of primary amides is 1. The molecule has 0 saturated heterocycles. The zero-order valence-electron chi connectivity index (χ0n) is 8.68. The predicted octanol–water partition coefficient (Wildman–Crippen LogP) is 2.52. The molecule has 0 aliphatic heterocycles. The first-order valence-electron chi connectivity index (χ1n) is 5.03. The van der Waals surface area contributed by atoms with E-state index in [-0.39, 0.29) is 5.91 Å². The maximum atomic E-state index is 10.9. The standard InChI is InChI=1S/C10H21NOS/c1-3-4-5-6-7-8-10(2,13)9(11)12/h13H,3-8H2,1-2H3,(H2,11,12). The smallest absolute Gasteiger partial charge is 0.233 e. The Balaban J connectivity index is 3.46. The fourth-order valence-corrected chi connectivity index (χ4v) is 1.35. The second-order valence-electron chi connectivity index (χ2n) is 3.80. The van der Waals surface area contributed by atoms with Crippen molar-refractivity contribution in [1.29, 1.82) is 0 Å². The predicted molar refractivity (Wildman–Crippen MR) is 60.0 cm³/mol. The summed E-state index contributed by atoms with van der Waals surface area (Å²) in [5, 5.41) is 0. The van der Waals surface area contributed by atoms with Gasteiger partial charge in [0.2, 0.25) is 5.91 Å². The first-order valence-corrected chi connectivity index (χ1v) is 5.47. The van der Waals surface area contributed by atoms with Gasteiger partial charge in [0, 0.05) is 0 Å². The van der Waals surface area contributed by atoms with Crippen molar-refractivity contribution in [3.05, 3.63) is 0 Å². The summed E-state index contributed by atoms with van der Waals surface area (Å²) in [6, 6.07) is 0. The van der Waals surface area contributed by atoms with Crippen molar-refractivity contribution in [1.82, 2.24) is 0 Å². The zero-order valence-corrected chi connectivity index (χ0v) is 9.57. The Hall–Kier alpha value is -0.180. The van der Waals surface area contributed by atoms with Gasteiger partial charge in [0.25, 0.3) is 0 Å². The largest absolute Gasteiger partial charge is 0.368 e. The Morgan fingerprint density at radius 1 is 1.31 bits per heavy atom. The zero-order chi connectivity index (χ0) is 10.3. The monoisotopic (exact) mass is 203 g/mol. The summed E-state index contributed by atoms with van der Waals surface area (Å²) in [5.41, 5.74) is 5.20. The van der Waals surface area contributed by atoms with E-state index in [0.29, 0.717) is 0 Å². The molecule has 0 aliphatic carbocycles. The second kappa shape index (κ2) is 6.30. The molecule has 0 bridgehead atoms. The van der Waals surface area contributed by atoms with E-state index >= 15 is 0 Å². The fraction of sp³-hybridized carbons (Fsp3) is 0.900. The van der Waals surface area contributed by atoms with E-state index in [1.54, 1.807) is 6.92 Å². The summed E-state index contributed by atoms with van der Waals surface area (Å²) in [7, 11) is 0. The molecule has 13 heavy (non-hydrogen) atoms.